The Kier molecular flexibility index (Phi) is 2.61. The molecule has 0 bridgehead atoms. The number of aryl methyl sites for hydroxylation is 1. The molecule has 4 nitrogen and oxygen atoms in total. The average Bonchev–Trinajstić information content (AvgIpc) is 2.69. The quantitative estimate of drug-likeness (QED) is 0.810. The largest absolute Gasteiger partial charge is 0.367 e. The van der Waals surface area contributed by atoms with Gasteiger partial charge in [-0.25, -0.2) is 4.98 Å². The number of ether oxygens (including phenoxy) is 1. The smallest absolute Gasteiger partial charge is 0.140 e. The third-order valence-electron chi connectivity index (χ3n) is 3.31. The molecule has 0 saturated carbocycles. The van der Waals surface area contributed by atoms with E-state index < -0.39 is 0 Å². The van der Waals surface area contributed by atoms with E-state index in [0.717, 1.165) is 30.0 Å². The maximum absolute atomic E-state index is 5.84. The monoisotopic (exact) mass is 231 g/mol. The van der Waals surface area contributed by atoms with E-state index in [4.69, 9.17) is 4.74 Å². The van der Waals surface area contributed by atoms with Gasteiger partial charge in [0.2, 0.25) is 0 Å². The third-order valence-corrected chi connectivity index (χ3v) is 3.31. The van der Waals surface area contributed by atoms with Gasteiger partial charge in [-0.15, -0.1) is 0 Å². The van der Waals surface area contributed by atoms with Crippen LogP contribution in [0.25, 0.3) is 11.0 Å². The van der Waals surface area contributed by atoms with E-state index in [1.54, 1.807) is 0 Å². The Hall–Kier alpha value is -1.39. The predicted molar refractivity (Wildman–Crippen MR) is 66.9 cm³/mol. The molecule has 17 heavy (non-hydrogen) atoms. The van der Waals surface area contributed by atoms with Crippen LogP contribution in [0.2, 0.25) is 0 Å². The van der Waals surface area contributed by atoms with Crippen LogP contribution in [0.4, 0.5) is 0 Å². The molecule has 4 heteroatoms. The average molecular weight is 231 g/mol. The van der Waals surface area contributed by atoms with Gasteiger partial charge in [-0.3, -0.25) is 0 Å². The summed E-state index contributed by atoms with van der Waals surface area (Å²) >= 11 is 0. The number of rotatable bonds is 1. The molecule has 3 rings (SSSR count). The molecule has 0 radical (unpaired) electrons. The number of para-hydroxylation sites is 2. The Bertz CT molecular complexity index is 526. The molecule has 0 aliphatic carbocycles. The fourth-order valence-corrected chi connectivity index (χ4v) is 2.30. The van der Waals surface area contributed by atoms with Gasteiger partial charge in [0.15, 0.2) is 0 Å². The molecule has 1 aromatic carbocycles. The van der Waals surface area contributed by atoms with E-state index in [1.807, 2.05) is 25.2 Å². The summed E-state index contributed by atoms with van der Waals surface area (Å²) in [4.78, 5) is 4.66. The van der Waals surface area contributed by atoms with Gasteiger partial charge >= 0.3 is 0 Å². The first-order valence-corrected chi connectivity index (χ1v) is 6.02. The number of imidazole rings is 1. The van der Waals surface area contributed by atoms with Crippen LogP contribution >= 0.6 is 0 Å². The molecular weight excluding hydrogens is 214 g/mol. The first kappa shape index (κ1) is 10.7. The fraction of sp³-hybridized carbons (Fsp3) is 0.462. The molecule has 1 fully saturated rings. The Labute approximate surface area is 101 Å². The van der Waals surface area contributed by atoms with Crippen LogP contribution in [0.3, 0.4) is 0 Å². The predicted octanol–water partition coefficient (Wildman–Crippen LogP) is 1.62. The summed E-state index contributed by atoms with van der Waals surface area (Å²) in [6.45, 7) is 3.71. The number of hydrogen-bond donors (Lipinski definition) is 1. The summed E-state index contributed by atoms with van der Waals surface area (Å²) < 4.78 is 7.96. The lowest BCUT2D eigenvalue weighted by Crippen LogP contribution is -2.41. The normalized spacial score (nSPS) is 25.3. The van der Waals surface area contributed by atoms with Crippen molar-refractivity contribution in [3.63, 3.8) is 0 Å². The lowest BCUT2D eigenvalue weighted by molar-refractivity contribution is 0.000731. The zero-order chi connectivity index (χ0) is 11.8. The third kappa shape index (κ3) is 1.83. The van der Waals surface area contributed by atoms with Gasteiger partial charge in [-0.1, -0.05) is 12.1 Å². The number of fused-ring (bicyclic) bond motifs is 1. The second-order valence-electron chi connectivity index (χ2n) is 4.65. The number of morpholine rings is 1. The summed E-state index contributed by atoms with van der Waals surface area (Å²) in [6.07, 6.45) is 0.0589. The van der Waals surface area contributed by atoms with Crippen LogP contribution in [-0.2, 0) is 11.8 Å². The number of aromatic nitrogens is 2. The van der Waals surface area contributed by atoms with Crippen LogP contribution in [-0.4, -0.2) is 28.7 Å². The van der Waals surface area contributed by atoms with Crippen LogP contribution in [0.15, 0.2) is 24.3 Å². The minimum atomic E-state index is 0.0589. The lowest BCUT2D eigenvalue weighted by Gasteiger charge is -2.27. The maximum Gasteiger partial charge on any atom is 0.140 e. The molecule has 1 saturated heterocycles. The van der Waals surface area contributed by atoms with E-state index >= 15 is 0 Å². The summed E-state index contributed by atoms with van der Waals surface area (Å²) in [5.41, 5.74) is 2.19. The number of benzene rings is 1. The molecule has 90 valence electrons. The molecule has 1 aliphatic heterocycles. The van der Waals surface area contributed by atoms with Gasteiger partial charge < -0.3 is 14.6 Å². The first-order valence-electron chi connectivity index (χ1n) is 6.02. The fourth-order valence-electron chi connectivity index (χ4n) is 2.30. The highest BCUT2D eigenvalue weighted by Crippen LogP contribution is 2.23. The van der Waals surface area contributed by atoms with E-state index in [0.29, 0.717) is 6.04 Å². The van der Waals surface area contributed by atoms with Crippen LogP contribution in [0, 0.1) is 0 Å². The van der Waals surface area contributed by atoms with Gasteiger partial charge in [0.1, 0.15) is 11.9 Å². The van der Waals surface area contributed by atoms with Crippen molar-refractivity contribution < 1.29 is 4.74 Å². The van der Waals surface area contributed by atoms with Crippen molar-refractivity contribution in [2.24, 2.45) is 7.05 Å². The van der Waals surface area contributed by atoms with Crippen LogP contribution in [0.1, 0.15) is 18.9 Å². The number of hydrogen-bond acceptors (Lipinski definition) is 3. The Morgan fingerprint density at radius 3 is 2.94 bits per heavy atom. The second kappa shape index (κ2) is 4.13. The molecule has 2 aromatic rings. The number of nitrogens with one attached hydrogen (secondary N) is 1. The van der Waals surface area contributed by atoms with E-state index in [-0.39, 0.29) is 6.10 Å². The zero-order valence-corrected chi connectivity index (χ0v) is 10.2. The van der Waals surface area contributed by atoms with Crippen molar-refractivity contribution in [1.82, 2.24) is 14.9 Å². The van der Waals surface area contributed by atoms with Gasteiger partial charge in [0, 0.05) is 19.6 Å². The van der Waals surface area contributed by atoms with Crippen molar-refractivity contribution in [2.45, 2.75) is 19.1 Å². The summed E-state index contributed by atoms with van der Waals surface area (Å²) in [5, 5.41) is 3.42. The van der Waals surface area contributed by atoms with Crippen molar-refractivity contribution in [3.8, 4) is 0 Å². The zero-order valence-electron chi connectivity index (χ0n) is 10.2. The highest BCUT2D eigenvalue weighted by Gasteiger charge is 2.24. The summed E-state index contributed by atoms with van der Waals surface area (Å²) in [6, 6.07) is 8.61. The molecule has 1 aliphatic rings. The molecule has 0 spiro atoms. The Morgan fingerprint density at radius 2 is 2.24 bits per heavy atom. The van der Waals surface area contributed by atoms with Crippen molar-refractivity contribution in [1.29, 1.82) is 0 Å². The second-order valence-corrected chi connectivity index (χ2v) is 4.65. The van der Waals surface area contributed by atoms with E-state index in [1.165, 1.54) is 0 Å². The molecular formula is C13H17N3O. The lowest BCUT2D eigenvalue weighted by atomic mass is 10.2. The van der Waals surface area contributed by atoms with Gasteiger partial charge in [-0.2, -0.15) is 0 Å². The van der Waals surface area contributed by atoms with Crippen molar-refractivity contribution >= 4 is 11.0 Å². The van der Waals surface area contributed by atoms with Crippen LogP contribution < -0.4 is 5.32 Å². The molecule has 2 atom stereocenters. The Morgan fingerprint density at radius 1 is 1.41 bits per heavy atom. The van der Waals surface area contributed by atoms with Crippen LogP contribution in [0.5, 0.6) is 0 Å². The van der Waals surface area contributed by atoms with Crippen molar-refractivity contribution in [2.75, 3.05) is 13.2 Å². The van der Waals surface area contributed by atoms with Gasteiger partial charge in [-0.05, 0) is 19.1 Å². The molecule has 2 heterocycles. The van der Waals surface area contributed by atoms with E-state index in [9.17, 15) is 0 Å². The van der Waals surface area contributed by atoms with Crippen molar-refractivity contribution in [3.05, 3.63) is 30.1 Å². The SMILES string of the molecule is CC1COC(c2nc3ccccc3n2C)CN1. The standard InChI is InChI=1S/C13H17N3O/c1-9-8-17-12(7-14-9)13-15-10-5-3-4-6-11(10)16(13)2/h3-6,9,12,14H,7-8H2,1-2H3. The molecule has 0 amide bonds. The highest BCUT2D eigenvalue weighted by molar-refractivity contribution is 5.75. The summed E-state index contributed by atoms with van der Waals surface area (Å²) in [5.74, 6) is 1.01. The van der Waals surface area contributed by atoms with Gasteiger partial charge in [0.25, 0.3) is 0 Å². The minimum absolute atomic E-state index is 0.0589. The number of nitrogens with zero attached hydrogens (tertiary/aromatic N) is 2. The summed E-state index contributed by atoms with van der Waals surface area (Å²) in [7, 11) is 2.05. The first-order chi connectivity index (χ1) is 8.25. The Balaban J connectivity index is 1.97. The molecule has 1 aromatic heterocycles. The minimum Gasteiger partial charge on any atom is -0.367 e. The maximum atomic E-state index is 5.84. The molecule has 1 N–H and O–H groups in total. The van der Waals surface area contributed by atoms with Gasteiger partial charge in [0.05, 0.1) is 17.6 Å². The topological polar surface area (TPSA) is 39.1 Å². The van der Waals surface area contributed by atoms with E-state index in [2.05, 4.69) is 27.9 Å². The molecule has 2 unspecified atom stereocenters. The highest BCUT2D eigenvalue weighted by atomic mass is 16.5.